The van der Waals surface area contributed by atoms with Gasteiger partial charge in [-0.2, -0.15) is 4.98 Å². The lowest BCUT2D eigenvalue weighted by atomic mass is 9.85. The summed E-state index contributed by atoms with van der Waals surface area (Å²) >= 11 is 0. The number of amides is 1. The number of aryl methyl sites for hydroxylation is 1. The molecule has 1 amide bonds. The number of aromatic nitrogens is 3. The molecule has 0 N–H and O–H groups in total. The van der Waals surface area contributed by atoms with Crippen LogP contribution in [0.15, 0.2) is 89.7 Å². The molecule has 3 heterocycles. The van der Waals surface area contributed by atoms with Crippen LogP contribution in [0.5, 0.6) is 11.8 Å². The first-order chi connectivity index (χ1) is 23.3. The summed E-state index contributed by atoms with van der Waals surface area (Å²) in [5.41, 5.74) is 0.425. The lowest BCUT2D eigenvalue weighted by molar-refractivity contribution is -0.0852. The molecule has 1 fully saturated rings. The first-order valence-corrected chi connectivity index (χ1v) is 15.9. The van der Waals surface area contributed by atoms with E-state index >= 15 is 13.2 Å². The second kappa shape index (κ2) is 13.3. The lowest BCUT2D eigenvalue weighted by Gasteiger charge is -2.39. The summed E-state index contributed by atoms with van der Waals surface area (Å²) in [6.45, 7) is 4.27. The Morgan fingerprint density at radius 2 is 1.55 bits per heavy atom. The van der Waals surface area contributed by atoms with Crippen molar-refractivity contribution in [1.29, 1.82) is 0 Å². The molecule has 0 saturated carbocycles. The lowest BCUT2D eigenvalue weighted by Crippen LogP contribution is -2.51. The molecular weight excluding hydrogens is 637 g/mol. The van der Waals surface area contributed by atoms with Gasteiger partial charge in [-0.3, -0.25) is 9.13 Å². The van der Waals surface area contributed by atoms with Gasteiger partial charge in [0.05, 0.1) is 23.5 Å². The number of rotatable bonds is 8. The monoisotopic (exact) mass is 674 g/mol. The van der Waals surface area contributed by atoms with E-state index in [1.165, 1.54) is 17.7 Å². The van der Waals surface area contributed by atoms with E-state index in [-0.39, 0.29) is 60.2 Å². The summed E-state index contributed by atoms with van der Waals surface area (Å²) in [7, 11) is 1.41. The van der Waals surface area contributed by atoms with Crippen LogP contribution in [0.25, 0.3) is 16.7 Å². The number of carbonyl (C=O) groups excluding carboxylic acids is 1. The molecule has 49 heavy (non-hydrogen) atoms. The van der Waals surface area contributed by atoms with Crippen LogP contribution >= 0.6 is 0 Å². The van der Waals surface area contributed by atoms with Gasteiger partial charge in [-0.05, 0) is 56.5 Å². The molecule has 9 nitrogen and oxygen atoms in total. The van der Waals surface area contributed by atoms with Crippen LogP contribution in [0, 0.1) is 5.82 Å². The molecule has 0 unspecified atom stereocenters. The molecule has 1 aliphatic heterocycles. The molecule has 1 atom stereocenters. The number of alkyl halides is 2. The fraction of sp³-hybridized carbons (Fsp3) is 0.324. The molecule has 256 valence electrons. The third-order valence-corrected chi connectivity index (χ3v) is 8.30. The summed E-state index contributed by atoms with van der Waals surface area (Å²) in [5, 5.41) is 0. The Hall–Kier alpha value is -5.26. The molecule has 0 bridgehead atoms. The fourth-order valence-corrected chi connectivity index (χ4v) is 6.03. The topological polar surface area (TPSA) is 87.8 Å². The van der Waals surface area contributed by atoms with Crippen molar-refractivity contribution in [3.05, 3.63) is 118 Å². The van der Waals surface area contributed by atoms with Crippen molar-refractivity contribution in [2.75, 3.05) is 13.1 Å². The molecule has 5 aromatic rings. The van der Waals surface area contributed by atoms with Crippen LogP contribution in [0.1, 0.15) is 49.8 Å². The van der Waals surface area contributed by atoms with Crippen LogP contribution in [0.4, 0.5) is 18.0 Å². The van der Waals surface area contributed by atoms with Gasteiger partial charge in [0.15, 0.2) is 0 Å². The fourth-order valence-electron chi connectivity index (χ4n) is 6.03. The summed E-state index contributed by atoms with van der Waals surface area (Å²) in [6, 6.07) is 24.5. The van der Waals surface area contributed by atoms with Gasteiger partial charge in [0.25, 0.3) is 5.92 Å². The van der Waals surface area contributed by atoms with E-state index in [0.717, 1.165) is 26.7 Å². The number of hydrogen-bond acceptors (Lipinski definition) is 6. The first kappa shape index (κ1) is 33.6. The quantitative estimate of drug-likeness (QED) is 0.171. The van der Waals surface area contributed by atoms with Gasteiger partial charge in [0.1, 0.15) is 30.3 Å². The number of fused-ring (bicyclic) bond motifs is 1. The number of halogens is 3. The Morgan fingerprint density at radius 1 is 0.918 bits per heavy atom. The van der Waals surface area contributed by atoms with Crippen LogP contribution in [-0.2, 0) is 25.0 Å². The second-order valence-corrected chi connectivity index (χ2v) is 13.0. The number of hydrogen-bond donors (Lipinski definition) is 0. The van der Waals surface area contributed by atoms with Gasteiger partial charge in [-0.25, -0.2) is 22.8 Å². The van der Waals surface area contributed by atoms with Crippen molar-refractivity contribution in [2.24, 2.45) is 7.05 Å². The van der Waals surface area contributed by atoms with E-state index in [1.54, 1.807) is 32.9 Å². The Balaban J connectivity index is 1.40. The number of imidazole rings is 1. The normalized spacial score (nSPS) is 16.1. The molecule has 2 aromatic heterocycles. The summed E-state index contributed by atoms with van der Waals surface area (Å²) in [5.74, 6) is -5.71. The highest BCUT2D eigenvalue weighted by Gasteiger charge is 2.49. The minimum absolute atomic E-state index is 0.0128. The summed E-state index contributed by atoms with van der Waals surface area (Å²) in [4.78, 5) is 32.1. The van der Waals surface area contributed by atoms with Gasteiger partial charge >= 0.3 is 11.8 Å². The zero-order valence-corrected chi connectivity index (χ0v) is 27.7. The smallest absolute Gasteiger partial charge is 0.410 e. The van der Waals surface area contributed by atoms with Crippen molar-refractivity contribution in [1.82, 2.24) is 19.0 Å². The molecule has 6 rings (SSSR count). The van der Waals surface area contributed by atoms with Gasteiger partial charge in [0, 0.05) is 25.2 Å². The first-order valence-electron chi connectivity index (χ1n) is 15.9. The van der Waals surface area contributed by atoms with Gasteiger partial charge in [0.2, 0.25) is 11.8 Å². The molecule has 0 aliphatic carbocycles. The molecule has 1 aliphatic rings. The van der Waals surface area contributed by atoms with Crippen LogP contribution in [0.2, 0.25) is 0 Å². The second-order valence-electron chi connectivity index (χ2n) is 13.0. The van der Waals surface area contributed by atoms with Gasteiger partial charge in [-0.15, -0.1) is 0 Å². The number of nitrogens with zero attached hydrogens (tertiary/aromatic N) is 4. The molecule has 3 aromatic carbocycles. The predicted molar refractivity (Wildman–Crippen MR) is 178 cm³/mol. The molecule has 12 heteroatoms. The van der Waals surface area contributed by atoms with Crippen LogP contribution < -0.4 is 15.2 Å². The largest absolute Gasteiger partial charge is 0.473 e. The summed E-state index contributed by atoms with van der Waals surface area (Å²) in [6.07, 6.45) is -1.11. The Bertz CT molecular complexity index is 2020. The Kier molecular flexibility index (Phi) is 9.15. The average Bonchev–Trinajstić information content (AvgIpc) is 3.32. The van der Waals surface area contributed by atoms with Crippen molar-refractivity contribution in [2.45, 2.75) is 57.8 Å². The number of ether oxygens (including phenoxy) is 3. The van der Waals surface area contributed by atoms with E-state index < -0.39 is 41.6 Å². The van der Waals surface area contributed by atoms with Crippen LogP contribution in [0.3, 0.4) is 0 Å². The predicted octanol–water partition coefficient (Wildman–Crippen LogP) is 7.38. The highest BCUT2D eigenvalue weighted by molar-refractivity contribution is 5.83. The molecule has 0 radical (unpaired) electrons. The van der Waals surface area contributed by atoms with Crippen molar-refractivity contribution in [3.8, 4) is 17.4 Å². The third kappa shape index (κ3) is 7.13. The highest BCUT2D eigenvalue weighted by Crippen LogP contribution is 2.44. The number of pyridine rings is 1. The third-order valence-electron chi connectivity index (χ3n) is 8.30. The number of piperidine rings is 1. The molecule has 1 saturated heterocycles. The van der Waals surface area contributed by atoms with Crippen molar-refractivity contribution < 1.29 is 32.2 Å². The number of carbonyl (C=O) groups is 1. The maximum Gasteiger partial charge on any atom is 0.410 e. The van der Waals surface area contributed by atoms with E-state index in [1.807, 2.05) is 60.7 Å². The SMILES string of the molecule is Cn1c(=O)n(-c2ccc(OCc3ccccc3)nc2OCc2ccccc2)c2ccc(F)c([C@H]3CCN(C(=O)OC(C)(C)C)CC3(F)F)c21. The van der Waals surface area contributed by atoms with E-state index in [4.69, 9.17) is 14.2 Å². The summed E-state index contributed by atoms with van der Waals surface area (Å²) < 4.78 is 67.3. The van der Waals surface area contributed by atoms with Gasteiger partial charge < -0.3 is 19.1 Å². The Morgan fingerprint density at radius 3 is 2.16 bits per heavy atom. The highest BCUT2D eigenvalue weighted by atomic mass is 19.3. The number of likely N-dealkylation sites (tertiary alicyclic amines) is 1. The van der Waals surface area contributed by atoms with Gasteiger partial charge in [-0.1, -0.05) is 60.7 Å². The van der Waals surface area contributed by atoms with Crippen LogP contribution in [-0.4, -0.2) is 49.7 Å². The number of benzene rings is 3. The van der Waals surface area contributed by atoms with Crippen molar-refractivity contribution in [3.63, 3.8) is 0 Å². The zero-order chi connectivity index (χ0) is 34.9. The minimum Gasteiger partial charge on any atom is -0.473 e. The molecular formula is C37H37F3N4O5. The van der Waals surface area contributed by atoms with Crippen molar-refractivity contribution >= 4 is 17.1 Å². The van der Waals surface area contributed by atoms with E-state index in [9.17, 15) is 9.59 Å². The zero-order valence-electron chi connectivity index (χ0n) is 27.7. The minimum atomic E-state index is -3.52. The maximum absolute atomic E-state index is 15.9. The average molecular weight is 675 g/mol. The Labute approximate surface area is 281 Å². The standard InChI is InChI=1S/C37H37F3N4O5/c1-36(2,3)49-35(46)43-20-19-26(37(39,40)23-43)31-27(38)15-16-28-32(31)42(4)34(45)44(28)29-17-18-30(47-21-24-11-7-5-8-12-24)41-33(29)48-22-25-13-9-6-10-14-25/h5-18,26H,19-23H2,1-4H3/t26-/m1/s1. The van der Waals surface area contributed by atoms with E-state index in [2.05, 4.69) is 4.98 Å². The van der Waals surface area contributed by atoms with E-state index in [0.29, 0.717) is 0 Å². The maximum atomic E-state index is 15.9. The molecule has 0 spiro atoms.